The van der Waals surface area contributed by atoms with Crippen molar-refractivity contribution in [2.45, 2.75) is 51.5 Å². The first kappa shape index (κ1) is 16.1. The first-order valence-electron chi connectivity index (χ1n) is 9.05. The number of nitrogens with zero attached hydrogens (tertiary/aromatic N) is 3. The Labute approximate surface area is 147 Å². The molecule has 0 spiro atoms. The summed E-state index contributed by atoms with van der Waals surface area (Å²) in [6, 6.07) is 6.70. The van der Waals surface area contributed by atoms with Crippen LogP contribution in [0.25, 0.3) is 0 Å². The van der Waals surface area contributed by atoms with Crippen molar-refractivity contribution in [3.63, 3.8) is 0 Å². The molecule has 2 aromatic rings. The van der Waals surface area contributed by atoms with E-state index in [0.29, 0.717) is 11.7 Å². The summed E-state index contributed by atoms with van der Waals surface area (Å²) in [4.78, 5) is 18.9. The number of carbonyl (C=O) groups is 1. The molecule has 2 amide bonds. The van der Waals surface area contributed by atoms with Gasteiger partial charge in [0, 0.05) is 19.0 Å². The highest BCUT2D eigenvalue weighted by Crippen LogP contribution is 2.32. The summed E-state index contributed by atoms with van der Waals surface area (Å²) < 4.78 is 5.28. The maximum Gasteiger partial charge on any atom is 0.317 e. The van der Waals surface area contributed by atoms with Crippen molar-refractivity contribution in [1.82, 2.24) is 20.4 Å². The molecule has 25 heavy (non-hydrogen) atoms. The van der Waals surface area contributed by atoms with Gasteiger partial charge in [0.15, 0.2) is 5.82 Å². The van der Waals surface area contributed by atoms with Crippen molar-refractivity contribution in [2.24, 2.45) is 0 Å². The van der Waals surface area contributed by atoms with Crippen LogP contribution < -0.4 is 5.32 Å². The van der Waals surface area contributed by atoms with Crippen molar-refractivity contribution in [1.29, 1.82) is 0 Å². The van der Waals surface area contributed by atoms with Crippen LogP contribution >= 0.6 is 0 Å². The fraction of sp³-hybridized carbons (Fsp3) is 0.526. The molecule has 2 aliphatic rings. The third-order valence-electron chi connectivity index (χ3n) is 5.35. The molecule has 0 bridgehead atoms. The van der Waals surface area contributed by atoms with Gasteiger partial charge in [-0.05, 0) is 50.7 Å². The number of urea groups is 1. The van der Waals surface area contributed by atoms with Crippen LogP contribution in [0, 0.1) is 13.8 Å². The topological polar surface area (TPSA) is 71.3 Å². The number of hydrogen-bond acceptors (Lipinski definition) is 4. The van der Waals surface area contributed by atoms with Gasteiger partial charge in [-0.2, -0.15) is 4.98 Å². The molecule has 1 atom stereocenters. The normalized spacial score (nSPS) is 20.6. The zero-order valence-corrected chi connectivity index (χ0v) is 14.8. The molecule has 132 valence electrons. The molecule has 1 unspecified atom stereocenters. The summed E-state index contributed by atoms with van der Waals surface area (Å²) in [5.74, 6) is 1.64. The lowest BCUT2D eigenvalue weighted by Gasteiger charge is -2.31. The average molecular weight is 340 g/mol. The number of hydrogen-bond donors (Lipinski definition) is 1. The molecule has 6 nitrogen and oxygen atoms in total. The molecular formula is C19H24N4O2. The number of benzene rings is 1. The lowest BCUT2D eigenvalue weighted by Crippen LogP contribution is -2.45. The van der Waals surface area contributed by atoms with Gasteiger partial charge in [-0.25, -0.2) is 4.79 Å². The van der Waals surface area contributed by atoms with Crippen molar-refractivity contribution >= 4 is 6.03 Å². The van der Waals surface area contributed by atoms with E-state index in [4.69, 9.17) is 4.52 Å². The molecule has 1 aliphatic heterocycles. The molecule has 1 fully saturated rings. The molecule has 1 aromatic carbocycles. The standard InChI is InChI=1S/C19H24N4O2/c1-12-3-5-16-15(11-12)4-6-17(16)21-19(24)23-9-7-14(8-10-23)18-20-13(2)22-25-18/h3,5,11,14,17H,4,6-10H2,1-2H3,(H,21,24). The number of piperidine rings is 1. The molecule has 1 aliphatic carbocycles. The fourth-order valence-corrected chi connectivity index (χ4v) is 3.95. The second kappa shape index (κ2) is 6.50. The van der Waals surface area contributed by atoms with Crippen molar-refractivity contribution in [3.05, 3.63) is 46.6 Å². The maximum atomic E-state index is 12.6. The molecule has 4 rings (SSSR count). The molecule has 0 radical (unpaired) electrons. The Bertz CT molecular complexity index is 777. The number of amides is 2. The fourth-order valence-electron chi connectivity index (χ4n) is 3.95. The molecule has 1 N–H and O–H groups in total. The van der Waals surface area contributed by atoms with E-state index in [1.165, 1.54) is 16.7 Å². The van der Waals surface area contributed by atoms with E-state index >= 15 is 0 Å². The second-order valence-corrected chi connectivity index (χ2v) is 7.18. The van der Waals surface area contributed by atoms with Crippen molar-refractivity contribution in [2.75, 3.05) is 13.1 Å². The van der Waals surface area contributed by atoms with Crippen LogP contribution in [0.4, 0.5) is 4.79 Å². The van der Waals surface area contributed by atoms with Gasteiger partial charge in [0.05, 0.1) is 6.04 Å². The van der Waals surface area contributed by atoms with Crippen molar-refractivity contribution < 1.29 is 9.32 Å². The molecular weight excluding hydrogens is 316 g/mol. The van der Waals surface area contributed by atoms with Gasteiger partial charge in [-0.3, -0.25) is 0 Å². The largest absolute Gasteiger partial charge is 0.339 e. The minimum absolute atomic E-state index is 0.0404. The molecule has 1 aromatic heterocycles. The van der Waals surface area contributed by atoms with Gasteiger partial charge in [0.1, 0.15) is 0 Å². The van der Waals surface area contributed by atoms with Crippen LogP contribution in [-0.2, 0) is 6.42 Å². The second-order valence-electron chi connectivity index (χ2n) is 7.18. The zero-order valence-electron chi connectivity index (χ0n) is 14.8. The highest BCUT2D eigenvalue weighted by Gasteiger charge is 2.30. The summed E-state index contributed by atoms with van der Waals surface area (Å²) >= 11 is 0. The number of rotatable bonds is 2. The van der Waals surface area contributed by atoms with E-state index in [2.05, 4.69) is 40.6 Å². The summed E-state index contributed by atoms with van der Waals surface area (Å²) in [6.45, 7) is 5.40. The predicted octanol–water partition coefficient (Wildman–Crippen LogP) is 3.26. The van der Waals surface area contributed by atoms with Gasteiger partial charge in [-0.15, -0.1) is 0 Å². The van der Waals surface area contributed by atoms with Gasteiger partial charge in [-0.1, -0.05) is 28.9 Å². The van der Waals surface area contributed by atoms with Gasteiger partial charge < -0.3 is 14.7 Å². The summed E-state index contributed by atoms with van der Waals surface area (Å²) in [7, 11) is 0. The van der Waals surface area contributed by atoms with E-state index in [-0.39, 0.29) is 18.0 Å². The predicted molar refractivity (Wildman–Crippen MR) is 93.4 cm³/mol. The number of aromatic nitrogens is 2. The smallest absolute Gasteiger partial charge is 0.317 e. The Hall–Kier alpha value is -2.37. The zero-order chi connectivity index (χ0) is 17.4. The molecule has 2 heterocycles. The van der Waals surface area contributed by atoms with E-state index < -0.39 is 0 Å². The third kappa shape index (κ3) is 3.25. The average Bonchev–Trinajstić information content (AvgIpc) is 3.21. The van der Waals surface area contributed by atoms with E-state index in [1.54, 1.807) is 0 Å². The number of fused-ring (bicyclic) bond motifs is 1. The Morgan fingerprint density at radius 3 is 2.76 bits per heavy atom. The third-order valence-corrected chi connectivity index (χ3v) is 5.35. The summed E-state index contributed by atoms with van der Waals surface area (Å²) in [5, 5.41) is 7.08. The van der Waals surface area contributed by atoms with Gasteiger partial charge >= 0.3 is 6.03 Å². The van der Waals surface area contributed by atoms with Crippen LogP contribution in [0.2, 0.25) is 0 Å². The number of nitrogens with one attached hydrogen (secondary N) is 1. The Kier molecular flexibility index (Phi) is 4.19. The lowest BCUT2D eigenvalue weighted by molar-refractivity contribution is 0.172. The van der Waals surface area contributed by atoms with Crippen LogP contribution in [0.5, 0.6) is 0 Å². The number of aryl methyl sites for hydroxylation is 3. The van der Waals surface area contributed by atoms with E-state index in [0.717, 1.165) is 38.8 Å². The van der Waals surface area contributed by atoms with Gasteiger partial charge in [0.2, 0.25) is 5.89 Å². The Balaban J connectivity index is 1.34. The van der Waals surface area contributed by atoms with E-state index in [9.17, 15) is 4.79 Å². The Morgan fingerprint density at radius 1 is 1.24 bits per heavy atom. The van der Waals surface area contributed by atoms with Crippen LogP contribution in [-0.4, -0.2) is 34.2 Å². The quantitative estimate of drug-likeness (QED) is 0.911. The Morgan fingerprint density at radius 2 is 2.04 bits per heavy atom. The maximum absolute atomic E-state index is 12.6. The monoisotopic (exact) mass is 340 g/mol. The highest BCUT2D eigenvalue weighted by atomic mass is 16.5. The van der Waals surface area contributed by atoms with Crippen LogP contribution in [0.15, 0.2) is 22.7 Å². The van der Waals surface area contributed by atoms with Crippen molar-refractivity contribution in [3.8, 4) is 0 Å². The summed E-state index contributed by atoms with van der Waals surface area (Å²) in [6.07, 6.45) is 3.77. The molecule has 0 saturated carbocycles. The SMILES string of the molecule is Cc1ccc2c(c1)CCC2NC(=O)N1CCC(c2nc(C)no2)CC1. The minimum Gasteiger partial charge on any atom is -0.339 e. The number of carbonyl (C=O) groups excluding carboxylic acids is 1. The first-order valence-corrected chi connectivity index (χ1v) is 9.05. The molecule has 6 heteroatoms. The minimum atomic E-state index is 0.0404. The van der Waals surface area contributed by atoms with E-state index in [1.807, 2.05) is 11.8 Å². The van der Waals surface area contributed by atoms with Gasteiger partial charge in [0.25, 0.3) is 0 Å². The highest BCUT2D eigenvalue weighted by molar-refractivity contribution is 5.75. The van der Waals surface area contributed by atoms with Crippen LogP contribution in [0.3, 0.4) is 0 Å². The van der Waals surface area contributed by atoms with Crippen LogP contribution in [0.1, 0.15) is 59.6 Å². The lowest BCUT2D eigenvalue weighted by atomic mass is 9.97. The number of likely N-dealkylation sites (tertiary alicyclic amines) is 1. The molecule has 1 saturated heterocycles. The first-order chi connectivity index (χ1) is 12.1. The summed E-state index contributed by atoms with van der Waals surface area (Å²) in [5.41, 5.74) is 3.93.